The van der Waals surface area contributed by atoms with Gasteiger partial charge >= 0.3 is 0 Å². The number of likely N-dealkylation sites (tertiary alicyclic amines) is 1. The molecule has 0 aliphatic carbocycles. The molecule has 0 saturated carbocycles. The fraction of sp³-hybridized carbons (Fsp3) is 0.471. The number of aromatic nitrogens is 1. The van der Waals surface area contributed by atoms with Crippen LogP contribution in [-0.2, 0) is 11.3 Å². The summed E-state index contributed by atoms with van der Waals surface area (Å²) in [5.41, 5.74) is 0.857. The zero-order chi connectivity index (χ0) is 16.1. The molecule has 0 bridgehead atoms. The van der Waals surface area contributed by atoms with E-state index in [1.807, 2.05) is 24.3 Å². The number of nitrogens with zero attached hydrogens (tertiary/aromatic N) is 2. The summed E-state index contributed by atoms with van der Waals surface area (Å²) in [4.78, 5) is 6.64. The molecule has 1 atom stereocenters. The summed E-state index contributed by atoms with van der Waals surface area (Å²) in [5.74, 6) is 1.37. The fourth-order valence-electron chi connectivity index (χ4n) is 2.87. The van der Waals surface area contributed by atoms with Crippen molar-refractivity contribution in [2.75, 3.05) is 26.3 Å². The maximum absolute atomic E-state index is 8.86. The summed E-state index contributed by atoms with van der Waals surface area (Å²) < 4.78 is 11.5. The van der Waals surface area contributed by atoms with Gasteiger partial charge in [0, 0.05) is 12.1 Å². The molecule has 124 valence electrons. The van der Waals surface area contributed by atoms with E-state index in [2.05, 4.69) is 9.88 Å². The molecule has 3 rings (SSSR count). The average Bonchev–Trinajstić information content (AvgIpc) is 3.02. The Bertz CT molecular complexity index is 632. The first-order chi connectivity index (χ1) is 11.3. The van der Waals surface area contributed by atoms with Gasteiger partial charge in [-0.1, -0.05) is 23.7 Å². The Kier molecular flexibility index (Phi) is 5.67. The van der Waals surface area contributed by atoms with Gasteiger partial charge in [-0.25, -0.2) is 4.98 Å². The van der Waals surface area contributed by atoms with Gasteiger partial charge < -0.3 is 14.3 Å². The molecule has 2 heterocycles. The molecule has 5 nitrogen and oxygen atoms in total. The van der Waals surface area contributed by atoms with E-state index in [1.54, 1.807) is 6.20 Å². The Hall–Kier alpha value is -1.40. The van der Waals surface area contributed by atoms with Crippen molar-refractivity contribution in [1.82, 2.24) is 9.88 Å². The standard InChI is InChI=1S/C17H21ClN2O3/c18-15-6-2-1-5-14(15)16-10-19-17(23-16)12-20-7-3-4-13(11-20)22-9-8-21/h1-2,5-6,10,13,21H,3-4,7-9,11-12H2. The normalized spacial score (nSPS) is 19.1. The first-order valence-electron chi connectivity index (χ1n) is 7.90. The lowest BCUT2D eigenvalue weighted by atomic mass is 10.1. The number of aliphatic hydroxyl groups excluding tert-OH is 1. The number of ether oxygens (including phenoxy) is 1. The SMILES string of the molecule is OCCOC1CCCN(Cc2ncc(-c3ccccc3Cl)o2)C1. The highest BCUT2D eigenvalue weighted by Crippen LogP contribution is 2.28. The number of hydrogen-bond donors (Lipinski definition) is 1. The van der Waals surface area contributed by atoms with Crippen molar-refractivity contribution in [3.8, 4) is 11.3 Å². The molecular weight excluding hydrogens is 316 g/mol. The lowest BCUT2D eigenvalue weighted by Gasteiger charge is -2.31. The Morgan fingerprint density at radius 1 is 1.39 bits per heavy atom. The van der Waals surface area contributed by atoms with Gasteiger partial charge in [-0.05, 0) is 31.5 Å². The van der Waals surface area contributed by atoms with Gasteiger partial charge in [-0.2, -0.15) is 0 Å². The highest BCUT2D eigenvalue weighted by molar-refractivity contribution is 6.33. The molecule has 1 aliphatic rings. The largest absolute Gasteiger partial charge is 0.439 e. The summed E-state index contributed by atoms with van der Waals surface area (Å²) in [7, 11) is 0. The smallest absolute Gasteiger partial charge is 0.209 e. The predicted octanol–water partition coefficient (Wildman–Crippen LogP) is 2.97. The third-order valence-corrected chi connectivity index (χ3v) is 4.29. The van der Waals surface area contributed by atoms with Crippen LogP contribution in [0, 0.1) is 0 Å². The number of oxazole rings is 1. The highest BCUT2D eigenvalue weighted by atomic mass is 35.5. The topological polar surface area (TPSA) is 58.7 Å². The van der Waals surface area contributed by atoms with Crippen LogP contribution in [-0.4, -0.2) is 47.4 Å². The van der Waals surface area contributed by atoms with Gasteiger partial charge in [0.1, 0.15) is 0 Å². The summed E-state index contributed by atoms with van der Waals surface area (Å²) >= 11 is 6.19. The van der Waals surface area contributed by atoms with Gasteiger partial charge in [0.15, 0.2) is 5.76 Å². The third-order valence-electron chi connectivity index (χ3n) is 3.96. The molecule has 1 saturated heterocycles. The number of benzene rings is 1. The number of rotatable bonds is 6. The van der Waals surface area contributed by atoms with Crippen LogP contribution in [0.4, 0.5) is 0 Å². The highest BCUT2D eigenvalue weighted by Gasteiger charge is 2.22. The van der Waals surface area contributed by atoms with E-state index in [4.69, 9.17) is 25.9 Å². The maximum Gasteiger partial charge on any atom is 0.209 e. The number of aliphatic hydroxyl groups is 1. The minimum Gasteiger partial charge on any atom is -0.439 e. The van der Waals surface area contributed by atoms with Crippen molar-refractivity contribution in [2.24, 2.45) is 0 Å². The summed E-state index contributed by atoms with van der Waals surface area (Å²) in [6.07, 6.45) is 4.01. The molecule has 23 heavy (non-hydrogen) atoms. The van der Waals surface area contributed by atoms with Gasteiger partial charge in [0.2, 0.25) is 5.89 Å². The van der Waals surface area contributed by atoms with E-state index in [9.17, 15) is 0 Å². The van der Waals surface area contributed by atoms with E-state index in [0.717, 1.165) is 31.5 Å². The molecule has 0 radical (unpaired) electrons. The molecular formula is C17H21ClN2O3. The zero-order valence-electron chi connectivity index (χ0n) is 12.9. The van der Waals surface area contributed by atoms with Crippen LogP contribution in [0.2, 0.25) is 5.02 Å². The van der Waals surface area contributed by atoms with Crippen LogP contribution in [0.5, 0.6) is 0 Å². The van der Waals surface area contributed by atoms with Crippen molar-refractivity contribution in [3.05, 3.63) is 41.4 Å². The fourth-order valence-corrected chi connectivity index (χ4v) is 3.10. The van der Waals surface area contributed by atoms with Crippen molar-refractivity contribution < 1.29 is 14.3 Å². The monoisotopic (exact) mass is 336 g/mol. The third kappa shape index (κ3) is 4.32. The van der Waals surface area contributed by atoms with Crippen LogP contribution < -0.4 is 0 Å². The molecule has 1 aromatic heterocycles. The molecule has 0 spiro atoms. The second-order valence-corrected chi connectivity index (χ2v) is 6.10. The minimum atomic E-state index is 0.0669. The molecule has 1 aromatic carbocycles. The van der Waals surface area contributed by atoms with Crippen molar-refractivity contribution in [1.29, 1.82) is 0 Å². The first-order valence-corrected chi connectivity index (χ1v) is 8.28. The molecule has 1 fully saturated rings. The van der Waals surface area contributed by atoms with Gasteiger partial charge in [0.05, 0.1) is 37.1 Å². The zero-order valence-corrected chi connectivity index (χ0v) is 13.7. The lowest BCUT2D eigenvalue weighted by Crippen LogP contribution is -2.39. The van der Waals surface area contributed by atoms with E-state index in [0.29, 0.717) is 29.8 Å². The van der Waals surface area contributed by atoms with Crippen LogP contribution in [0.15, 0.2) is 34.9 Å². The maximum atomic E-state index is 8.86. The van der Waals surface area contributed by atoms with Crippen molar-refractivity contribution in [3.63, 3.8) is 0 Å². The summed E-state index contributed by atoms with van der Waals surface area (Å²) in [6.45, 7) is 2.96. The van der Waals surface area contributed by atoms with E-state index in [1.165, 1.54) is 0 Å². The predicted molar refractivity (Wildman–Crippen MR) is 88.3 cm³/mol. The van der Waals surface area contributed by atoms with Crippen LogP contribution in [0.1, 0.15) is 18.7 Å². The molecule has 2 aromatic rings. The Morgan fingerprint density at radius 3 is 3.09 bits per heavy atom. The molecule has 6 heteroatoms. The Morgan fingerprint density at radius 2 is 2.26 bits per heavy atom. The van der Waals surface area contributed by atoms with Crippen LogP contribution in [0.3, 0.4) is 0 Å². The van der Waals surface area contributed by atoms with E-state index >= 15 is 0 Å². The van der Waals surface area contributed by atoms with E-state index in [-0.39, 0.29) is 12.7 Å². The van der Waals surface area contributed by atoms with Crippen LogP contribution in [0.25, 0.3) is 11.3 Å². The van der Waals surface area contributed by atoms with Crippen molar-refractivity contribution in [2.45, 2.75) is 25.5 Å². The number of hydrogen-bond acceptors (Lipinski definition) is 5. The van der Waals surface area contributed by atoms with Crippen molar-refractivity contribution >= 4 is 11.6 Å². The summed E-state index contributed by atoms with van der Waals surface area (Å²) in [6, 6.07) is 7.58. The number of halogens is 1. The van der Waals surface area contributed by atoms with Gasteiger partial charge in [0.25, 0.3) is 0 Å². The first kappa shape index (κ1) is 16.5. The number of piperidine rings is 1. The van der Waals surface area contributed by atoms with Crippen LogP contribution >= 0.6 is 11.6 Å². The molecule has 1 aliphatic heterocycles. The second kappa shape index (κ2) is 7.93. The summed E-state index contributed by atoms with van der Waals surface area (Å²) in [5, 5.41) is 9.52. The quantitative estimate of drug-likeness (QED) is 0.878. The Balaban J connectivity index is 1.62. The minimum absolute atomic E-state index is 0.0669. The van der Waals surface area contributed by atoms with Gasteiger partial charge in [-0.3, -0.25) is 4.90 Å². The second-order valence-electron chi connectivity index (χ2n) is 5.69. The average molecular weight is 337 g/mol. The lowest BCUT2D eigenvalue weighted by molar-refractivity contribution is -0.0178. The Labute approximate surface area is 140 Å². The van der Waals surface area contributed by atoms with Gasteiger partial charge in [-0.15, -0.1) is 0 Å². The van der Waals surface area contributed by atoms with E-state index < -0.39 is 0 Å². The molecule has 0 amide bonds. The molecule has 1 N–H and O–H groups in total. The molecule has 1 unspecified atom stereocenters.